The number of esters is 1. The van der Waals surface area contributed by atoms with Crippen molar-refractivity contribution >= 4 is 35.1 Å². The standard InChI is InChI=1S/C37H38Cl2N6O5/c1-4-50-31(47)17-41-26-12-11-21-15-27(42-36(49-3)32(21)26)24-9-5-7-22(33(24)38)23-8-6-10-25(34(23)39)28-16-40-29(35(43-28)48-2)18-45-19-37(20-45)14-13-30(46)44-37/h5-10,15-16,26,41H,4,11-14,17-20H2,1-3H3,(H,44,46). The lowest BCUT2D eigenvalue weighted by atomic mass is 9.88. The Morgan fingerprint density at radius 2 is 1.64 bits per heavy atom. The van der Waals surface area contributed by atoms with E-state index in [9.17, 15) is 9.59 Å². The molecule has 0 radical (unpaired) electrons. The maximum atomic E-state index is 12.0. The second-order valence-electron chi connectivity index (χ2n) is 12.9. The normalized spacial score (nSPS) is 17.7. The SMILES string of the molecule is CCOC(=O)CNC1CCc2cc(-c3cccc(-c4cccc(-c5cnc(CN6CC7(CCC(=O)N7)C6)c(OC)n5)c4Cl)c3Cl)nc(OC)c21. The maximum absolute atomic E-state index is 12.0. The van der Waals surface area contributed by atoms with Crippen molar-refractivity contribution < 1.29 is 23.8 Å². The molecular weight excluding hydrogens is 679 g/mol. The number of carbonyl (C=O) groups is 2. The van der Waals surface area contributed by atoms with Crippen molar-refractivity contribution in [3.05, 3.63) is 75.5 Å². The van der Waals surface area contributed by atoms with Crippen LogP contribution in [0.4, 0.5) is 0 Å². The first-order valence-electron chi connectivity index (χ1n) is 16.7. The van der Waals surface area contributed by atoms with E-state index in [4.69, 9.17) is 52.4 Å². The molecule has 2 N–H and O–H groups in total. The van der Waals surface area contributed by atoms with Gasteiger partial charge in [0.2, 0.25) is 17.7 Å². The van der Waals surface area contributed by atoms with Gasteiger partial charge in [-0.25, -0.2) is 9.97 Å². The van der Waals surface area contributed by atoms with E-state index < -0.39 is 0 Å². The lowest BCUT2D eigenvalue weighted by molar-refractivity contribution is -0.142. The number of carbonyl (C=O) groups excluding carboxylic acids is 2. The van der Waals surface area contributed by atoms with Gasteiger partial charge in [-0.1, -0.05) is 59.6 Å². The molecule has 1 amide bonds. The molecule has 1 unspecified atom stereocenters. The van der Waals surface area contributed by atoms with E-state index in [1.54, 1.807) is 27.3 Å². The topological polar surface area (TPSA) is 128 Å². The summed E-state index contributed by atoms with van der Waals surface area (Å²) in [5, 5.41) is 7.38. The first kappa shape index (κ1) is 34.2. The van der Waals surface area contributed by atoms with Crippen molar-refractivity contribution in [2.45, 2.75) is 50.7 Å². The molecule has 13 heteroatoms. The van der Waals surface area contributed by atoms with Crippen molar-refractivity contribution in [1.29, 1.82) is 0 Å². The van der Waals surface area contributed by atoms with Crippen LogP contribution in [-0.4, -0.2) is 77.7 Å². The highest BCUT2D eigenvalue weighted by Crippen LogP contribution is 2.44. The molecule has 2 saturated heterocycles. The number of benzene rings is 2. The molecule has 260 valence electrons. The van der Waals surface area contributed by atoms with Crippen molar-refractivity contribution in [1.82, 2.24) is 30.5 Å². The molecule has 4 aromatic rings. The number of fused-ring (bicyclic) bond motifs is 1. The van der Waals surface area contributed by atoms with Gasteiger partial charge in [0.05, 0.1) is 60.5 Å². The molecule has 0 bridgehead atoms. The minimum absolute atomic E-state index is 0.0750. The molecule has 2 aromatic carbocycles. The van der Waals surface area contributed by atoms with Gasteiger partial charge in [0.25, 0.3) is 0 Å². The van der Waals surface area contributed by atoms with Gasteiger partial charge in [0.15, 0.2) is 0 Å². The highest BCUT2D eigenvalue weighted by molar-refractivity contribution is 6.39. The number of amides is 1. The lowest BCUT2D eigenvalue weighted by Crippen LogP contribution is -2.66. The first-order chi connectivity index (χ1) is 24.2. The van der Waals surface area contributed by atoms with Crippen LogP contribution in [0.5, 0.6) is 11.8 Å². The number of likely N-dealkylation sites (tertiary alicyclic amines) is 1. The number of halogens is 2. The minimum Gasteiger partial charge on any atom is -0.481 e. The van der Waals surface area contributed by atoms with E-state index in [-0.39, 0.29) is 30.0 Å². The van der Waals surface area contributed by atoms with E-state index in [2.05, 4.69) is 15.5 Å². The monoisotopic (exact) mass is 716 g/mol. The number of hydrogen-bond acceptors (Lipinski definition) is 10. The zero-order chi connectivity index (χ0) is 35.0. The van der Waals surface area contributed by atoms with Crippen LogP contribution < -0.4 is 20.1 Å². The van der Waals surface area contributed by atoms with Crippen molar-refractivity contribution in [2.75, 3.05) is 40.5 Å². The Balaban J connectivity index is 1.14. The molecular formula is C37H38Cl2N6O5. The molecule has 0 saturated carbocycles. The van der Waals surface area contributed by atoms with E-state index >= 15 is 0 Å². The van der Waals surface area contributed by atoms with E-state index in [0.717, 1.165) is 65.9 Å². The second-order valence-corrected chi connectivity index (χ2v) is 13.6. The Labute approximate surface area is 300 Å². The summed E-state index contributed by atoms with van der Waals surface area (Å²) in [4.78, 5) is 40.3. The van der Waals surface area contributed by atoms with E-state index in [0.29, 0.717) is 58.3 Å². The Morgan fingerprint density at radius 1 is 0.980 bits per heavy atom. The van der Waals surface area contributed by atoms with Crippen LogP contribution in [-0.2, 0) is 27.3 Å². The van der Waals surface area contributed by atoms with E-state index in [1.165, 1.54) is 0 Å². The molecule has 1 aliphatic carbocycles. The third kappa shape index (κ3) is 6.51. The summed E-state index contributed by atoms with van der Waals surface area (Å²) in [6.07, 6.45) is 4.76. The summed E-state index contributed by atoms with van der Waals surface area (Å²) < 4.78 is 16.5. The summed E-state index contributed by atoms with van der Waals surface area (Å²) in [7, 11) is 3.18. The molecule has 50 heavy (non-hydrogen) atoms. The molecule has 11 nitrogen and oxygen atoms in total. The third-order valence-corrected chi connectivity index (χ3v) is 10.5. The molecule has 2 aromatic heterocycles. The zero-order valence-corrected chi connectivity index (χ0v) is 29.7. The number of aryl methyl sites for hydroxylation is 1. The Hall–Kier alpha value is -4.29. The molecule has 2 aliphatic heterocycles. The molecule has 3 aliphatic rings. The van der Waals surface area contributed by atoms with Gasteiger partial charge >= 0.3 is 5.97 Å². The van der Waals surface area contributed by atoms with Crippen LogP contribution in [0.1, 0.15) is 49.0 Å². The summed E-state index contributed by atoms with van der Waals surface area (Å²) in [5.74, 6) is 0.745. The summed E-state index contributed by atoms with van der Waals surface area (Å²) >= 11 is 14.3. The van der Waals surface area contributed by atoms with Crippen molar-refractivity contribution in [3.8, 4) is 45.4 Å². The van der Waals surface area contributed by atoms with Crippen LogP contribution in [0.15, 0.2) is 48.7 Å². The Kier molecular flexibility index (Phi) is 9.67. The molecule has 1 atom stereocenters. The minimum atomic E-state index is -0.295. The Bertz CT molecular complexity index is 1970. The van der Waals surface area contributed by atoms with Gasteiger partial charge in [-0.15, -0.1) is 0 Å². The maximum Gasteiger partial charge on any atom is 0.319 e. The van der Waals surface area contributed by atoms with Crippen LogP contribution in [0.3, 0.4) is 0 Å². The van der Waals surface area contributed by atoms with E-state index in [1.807, 2.05) is 42.5 Å². The zero-order valence-electron chi connectivity index (χ0n) is 28.1. The summed E-state index contributed by atoms with van der Waals surface area (Å²) in [6, 6.07) is 13.5. The van der Waals surface area contributed by atoms with Gasteiger partial charge < -0.3 is 19.5 Å². The predicted octanol–water partition coefficient (Wildman–Crippen LogP) is 5.80. The molecule has 7 rings (SSSR count). The van der Waals surface area contributed by atoms with Gasteiger partial charge in [-0.3, -0.25) is 24.8 Å². The van der Waals surface area contributed by atoms with Gasteiger partial charge in [0.1, 0.15) is 5.69 Å². The fourth-order valence-electron chi connectivity index (χ4n) is 7.34. The average Bonchev–Trinajstić information content (AvgIpc) is 3.71. The van der Waals surface area contributed by atoms with Crippen LogP contribution in [0.2, 0.25) is 10.0 Å². The van der Waals surface area contributed by atoms with Gasteiger partial charge in [-0.05, 0) is 37.8 Å². The molecule has 1 spiro atoms. The summed E-state index contributed by atoms with van der Waals surface area (Å²) in [6.45, 7) is 4.36. The number of nitrogens with one attached hydrogen (secondary N) is 2. The molecule has 2 fully saturated rings. The number of hydrogen-bond donors (Lipinski definition) is 2. The van der Waals surface area contributed by atoms with Crippen LogP contribution >= 0.6 is 23.2 Å². The predicted molar refractivity (Wildman–Crippen MR) is 190 cm³/mol. The van der Waals surface area contributed by atoms with Crippen LogP contribution in [0.25, 0.3) is 33.6 Å². The van der Waals surface area contributed by atoms with Crippen molar-refractivity contribution in [2.24, 2.45) is 0 Å². The number of aromatic nitrogens is 3. The lowest BCUT2D eigenvalue weighted by Gasteiger charge is -2.47. The van der Waals surface area contributed by atoms with Crippen molar-refractivity contribution in [3.63, 3.8) is 0 Å². The van der Waals surface area contributed by atoms with Gasteiger partial charge in [0, 0.05) is 59.9 Å². The van der Waals surface area contributed by atoms with Gasteiger partial charge in [-0.2, -0.15) is 0 Å². The second kappa shape index (κ2) is 14.1. The summed E-state index contributed by atoms with van der Waals surface area (Å²) in [5.41, 5.74) is 6.81. The fraction of sp³-hybridized carbons (Fsp3) is 0.378. The largest absolute Gasteiger partial charge is 0.481 e. The molecule has 4 heterocycles. The average molecular weight is 718 g/mol. The fourth-order valence-corrected chi connectivity index (χ4v) is 7.99. The number of rotatable bonds is 11. The quantitative estimate of drug-likeness (QED) is 0.184. The smallest absolute Gasteiger partial charge is 0.319 e. The highest BCUT2D eigenvalue weighted by atomic mass is 35.5. The number of methoxy groups -OCH3 is 2. The Morgan fingerprint density at radius 3 is 2.28 bits per heavy atom. The van der Waals surface area contributed by atoms with Crippen LogP contribution in [0, 0.1) is 0 Å². The number of ether oxygens (including phenoxy) is 3. The third-order valence-electron chi connectivity index (χ3n) is 9.66. The number of pyridine rings is 1. The first-order valence-corrected chi connectivity index (χ1v) is 17.5. The number of nitrogens with zero attached hydrogens (tertiary/aromatic N) is 4. The highest BCUT2D eigenvalue weighted by Gasteiger charge is 2.47.